The Morgan fingerprint density at radius 3 is 3.20 bits per heavy atom. The van der Waals surface area contributed by atoms with Gasteiger partial charge >= 0.3 is 0 Å². The lowest BCUT2D eigenvalue weighted by Crippen LogP contribution is -2.42. The Hall–Kier alpha value is -1.10. The summed E-state index contributed by atoms with van der Waals surface area (Å²) in [7, 11) is 2.12. The van der Waals surface area contributed by atoms with Crippen LogP contribution in [-0.4, -0.2) is 44.4 Å². The van der Waals surface area contributed by atoms with Crippen molar-refractivity contribution in [2.45, 2.75) is 31.4 Å². The van der Waals surface area contributed by atoms with Crippen LogP contribution in [0.3, 0.4) is 0 Å². The number of likely N-dealkylation sites (N-methyl/N-ethyl adjacent to an activating group) is 1. The molecule has 0 amide bonds. The number of hydrogen-bond acceptors (Lipinski definition) is 4. The second-order valence-corrected chi connectivity index (χ2v) is 5.93. The van der Waals surface area contributed by atoms with Crippen LogP contribution in [0, 0.1) is 0 Å². The van der Waals surface area contributed by atoms with Gasteiger partial charge in [0.2, 0.25) is 0 Å². The Balaban J connectivity index is 1.60. The monoisotopic (exact) mass is 276 g/mol. The van der Waals surface area contributed by atoms with Crippen molar-refractivity contribution in [3.8, 4) is 5.75 Å². The summed E-state index contributed by atoms with van der Waals surface area (Å²) in [4.78, 5) is 2.28. The maximum absolute atomic E-state index is 6.14. The highest BCUT2D eigenvalue weighted by Gasteiger charge is 2.20. The standard InChI is InChI=1S/C16H24N2O2/c1-18-7-8-19-14(10-18)11-20-13-5-6-15-12(9-13)3-2-4-16(15)17/h5-6,9,14,16H,2-4,7-8,10-11,17H2,1H3. The molecule has 0 radical (unpaired) electrons. The van der Waals surface area contributed by atoms with Crippen molar-refractivity contribution in [2.24, 2.45) is 5.73 Å². The van der Waals surface area contributed by atoms with Crippen molar-refractivity contribution in [1.29, 1.82) is 0 Å². The maximum atomic E-state index is 6.14. The van der Waals surface area contributed by atoms with E-state index >= 15 is 0 Å². The fraction of sp³-hybridized carbons (Fsp3) is 0.625. The summed E-state index contributed by atoms with van der Waals surface area (Å²) in [5.74, 6) is 0.940. The van der Waals surface area contributed by atoms with Gasteiger partial charge in [-0.15, -0.1) is 0 Å². The lowest BCUT2D eigenvalue weighted by atomic mass is 9.88. The number of fused-ring (bicyclic) bond motifs is 1. The van der Waals surface area contributed by atoms with Crippen molar-refractivity contribution >= 4 is 0 Å². The molecule has 2 atom stereocenters. The van der Waals surface area contributed by atoms with Crippen LogP contribution in [0.15, 0.2) is 18.2 Å². The molecule has 2 aliphatic rings. The van der Waals surface area contributed by atoms with Crippen LogP contribution in [0.25, 0.3) is 0 Å². The minimum absolute atomic E-state index is 0.173. The van der Waals surface area contributed by atoms with Gasteiger partial charge in [-0.05, 0) is 49.6 Å². The molecule has 1 saturated heterocycles. The molecule has 0 aromatic heterocycles. The molecule has 20 heavy (non-hydrogen) atoms. The van der Waals surface area contributed by atoms with E-state index in [0.29, 0.717) is 6.61 Å². The highest BCUT2D eigenvalue weighted by Crippen LogP contribution is 2.30. The summed E-state index contributed by atoms with van der Waals surface area (Å²) in [6.07, 6.45) is 3.55. The number of benzene rings is 1. The number of rotatable bonds is 3. The Kier molecular flexibility index (Phi) is 4.24. The third-order valence-corrected chi connectivity index (χ3v) is 4.25. The summed E-state index contributed by atoms with van der Waals surface area (Å²) < 4.78 is 11.6. The molecule has 1 aliphatic carbocycles. The van der Waals surface area contributed by atoms with Gasteiger partial charge in [0, 0.05) is 19.1 Å². The fourth-order valence-electron chi connectivity index (χ4n) is 3.07. The third kappa shape index (κ3) is 3.14. The van der Waals surface area contributed by atoms with E-state index in [1.807, 2.05) is 6.07 Å². The van der Waals surface area contributed by atoms with Gasteiger partial charge in [0.15, 0.2) is 0 Å². The molecule has 1 aliphatic heterocycles. The zero-order valence-electron chi connectivity index (χ0n) is 12.2. The summed E-state index contributed by atoms with van der Waals surface area (Å²) in [5, 5.41) is 0. The first-order chi connectivity index (χ1) is 9.72. The first-order valence-electron chi connectivity index (χ1n) is 7.54. The largest absolute Gasteiger partial charge is 0.491 e. The summed E-state index contributed by atoms with van der Waals surface area (Å²) in [6.45, 7) is 3.36. The average molecular weight is 276 g/mol. The first kappa shape index (κ1) is 13.9. The van der Waals surface area contributed by atoms with Crippen LogP contribution < -0.4 is 10.5 Å². The van der Waals surface area contributed by atoms with Gasteiger partial charge in [-0.1, -0.05) is 6.07 Å². The lowest BCUT2D eigenvalue weighted by Gasteiger charge is -2.30. The van der Waals surface area contributed by atoms with E-state index in [1.165, 1.54) is 17.5 Å². The van der Waals surface area contributed by atoms with E-state index < -0.39 is 0 Å². The minimum atomic E-state index is 0.173. The predicted molar refractivity (Wildman–Crippen MR) is 79.0 cm³/mol. The molecule has 0 bridgehead atoms. The molecule has 0 spiro atoms. The van der Waals surface area contributed by atoms with E-state index in [1.54, 1.807) is 0 Å². The summed E-state index contributed by atoms with van der Waals surface area (Å²) in [5.41, 5.74) is 8.78. The number of ether oxygens (including phenoxy) is 2. The number of morpholine rings is 1. The van der Waals surface area contributed by atoms with Gasteiger partial charge in [-0.25, -0.2) is 0 Å². The maximum Gasteiger partial charge on any atom is 0.119 e. The van der Waals surface area contributed by atoms with Gasteiger partial charge in [0.1, 0.15) is 18.5 Å². The molecule has 4 heteroatoms. The van der Waals surface area contributed by atoms with Crippen LogP contribution in [0.4, 0.5) is 0 Å². The predicted octanol–water partition coefficient (Wildman–Crippen LogP) is 1.73. The molecule has 1 aromatic carbocycles. The lowest BCUT2D eigenvalue weighted by molar-refractivity contribution is -0.0403. The molecule has 2 unspecified atom stereocenters. The average Bonchev–Trinajstić information content (AvgIpc) is 2.45. The van der Waals surface area contributed by atoms with Crippen molar-refractivity contribution in [1.82, 2.24) is 4.90 Å². The van der Waals surface area contributed by atoms with Gasteiger partial charge in [-0.2, -0.15) is 0 Å². The summed E-state index contributed by atoms with van der Waals surface area (Å²) in [6, 6.07) is 6.52. The Morgan fingerprint density at radius 1 is 1.45 bits per heavy atom. The molecular formula is C16H24N2O2. The zero-order valence-corrected chi connectivity index (χ0v) is 12.2. The molecule has 0 saturated carbocycles. The molecule has 1 aromatic rings. The van der Waals surface area contributed by atoms with Gasteiger partial charge in [-0.3, -0.25) is 0 Å². The normalized spacial score (nSPS) is 27.1. The van der Waals surface area contributed by atoms with Gasteiger partial charge < -0.3 is 20.1 Å². The van der Waals surface area contributed by atoms with Crippen molar-refractivity contribution in [3.05, 3.63) is 29.3 Å². The van der Waals surface area contributed by atoms with Crippen molar-refractivity contribution < 1.29 is 9.47 Å². The number of aryl methyl sites for hydroxylation is 1. The molecular weight excluding hydrogens is 252 g/mol. The van der Waals surface area contributed by atoms with Crippen LogP contribution in [0.1, 0.15) is 30.0 Å². The first-order valence-corrected chi connectivity index (χ1v) is 7.54. The fourth-order valence-corrected chi connectivity index (χ4v) is 3.07. The van der Waals surface area contributed by atoms with E-state index in [0.717, 1.165) is 38.3 Å². The Labute approximate surface area is 120 Å². The van der Waals surface area contributed by atoms with E-state index in [9.17, 15) is 0 Å². The minimum Gasteiger partial charge on any atom is -0.491 e. The molecule has 110 valence electrons. The van der Waals surface area contributed by atoms with E-state index in [4.69, 9.17) is 15.2 Å². The summed E-state index contributed by atoms with van der Waals surface area (Å²) >= 11 is 0. The number of nitrogens with zero attached hydrogens (tertiary/aromatic N) is 1. The van der Waals surface area contributed by atoms with Gasteiger partial charge in [0.25, 0.3) is 0 Å². The quantitative estimate of drug-likeness (QED) is 0.913. The molecule has 2 N–H and O–H groups in total. The molecule has 1 heterocycles. The van der Waals surface area contributed by atoms with Gasteiger partial charge in [0.05, 0.1) is 6.61 Å². The molecule has 1 fully saturated rings. The third-order valence-electron chi connectivity index (χ3n) is 4.25. The number of hydrogen-bond donors (Lipinski definition) is 1. The SMILES string of the molecule is CN1CCOC(COc2ccc3c(c2)CCCC3N)C1. The van der Waals surface area contributed by atoms with Crippen LogP contribution in [0.2, 0.25) is 0 Å². The van der Waals surface area contributed by atoms with E-state index in [2.05, 4.69) is 24.1 Å². The highest BCUT2D eigenvalue weighted by atomic mass is 16.5. The Bertz CT molecular complexity index is 464. The van der Waals surface area contributed by atoms with Crippen LogP contribution in [0.5, 0.6) is 5.75 Å². The zero-order chi connectivity index (χ0) is 13.9. The highest BCUT2D eigenvalue weighted by molar-refractivity contribution is 5.38. The molecule has 3 rings (SSSR count). The second-order valence-electron chi connectivity index (χ2n) is 5.93. The molecule has 4 nitrogen and oxygen atoms in total. The Morgan fingerprint density at radius 2 is 2.35 bits per heavy atom. The van der Waals surface area contributed by atoms with Crippen molar-refractivity contribution in [2.75, 3.05) is 33.4 Å². The van der Waals surface area contributed by atoms with E-state index in [-0.39, 0.29) is 12.1 Å². The second kappa shape index (κ2) is 6.12. The number of nitrogens with two attached hydrogens (primary N) is 1. The smallest absolute Gasteiger partial charge is 0.119 e. The van der Waals surface area contributed by atoms with Crippen LogP contribution in [-0.2, 0) is 11.2 Å². The topological polar surface area (TPSA) is 47.7 Å². The van der Waals surface area contributed by atoms with Crippen LogP contribution >= 0.6 is 0 Å². The van der Waals surface area contributed by atoms with Crippen molar-refractivity contribution in [3.63, 3.8) is 0 Å².